The third kappa shape index (κ3) is 2.55. The molecule has 0 radical (unpaired) electrons. The first-order chi connectivity index (χ1) is 8.26. The van der Waals surface area contributed by atoms with Crippen molar-refractivity contribution in [3.05, 3.63) is 24.3 Å². The maximum atomic E-state index is 5.28. The van der Waals surface area contributed by atoms with Crippen molar-refractivity contribution in [1.82, 2.24) is 5.32 Å². The normalized spacial score (nSPS) is 24.1. The van der Waals surface area contributed by atoms with Gasteiger partial charge in [0.15, 0.2) is 0 Å². The second kappa shape index (κ2) is 5.41. The molecule has 17 heavy (non-hydrogen) atoms. The van der Waals surface area contributed by atoms with Gasteiger partial charge in [-0.25, -0.2) is 0 Å². The van der Waals surface area contributed by atoms with Gasteiger partial charge in [-0.2, -0.15) is 0 Å². The highest BCUT2D eigenvalue weighted by Crippen LogP contribution is 2.31. The number of hydrogen-bond acceptors (Lipinski definition) is 3. The van der Waals surface area contributed by atoms with E-state index >= 15 is 0 Å². The Labute approximate surface area is 104 Å². The summed E-state index contributed by atoms with van der Waals surface area (Å²) in [6.07, 6.45) is 1.26. The average Bonchev–Trinajstić information content (AvgIpc) is 2.72. The Bertz CT molecular complexity index is 367. The van der Waals surface area contributed by atoms with E-state index in [-0.39, 0.29) is 0 Å². The largest absolute Gasteiger partial charge is 0.497 e. The summed E-state index contributed by atoms with van der Waals surface area (Å²) in [5.74, 6) is 1.68. The highest BCUT2D eigenvalue weighted by Gasteiger charge is 2.30. The van der Waals surface area contributed by atoms with Gasteiger partial charge in [-0.05, 0) is 45.0 Å². The standard InChI is InChI=1S/C14H22N2O/c1-11-12(10-15-2)7-8-16(11)13-5-4-6-14(9-13)17-3/h4-6,9,11-12,15H,7-8,10H2,1-3H3. The van der Waals surface area contributed by atoms with Crippen LogP contribution < -0.4 is 15.0 Å². The van der Waals surface area contributed by atoms with Crippen LogP contribution in [-0.2, 0) is 0 Å². The molecule has 1 N–H and O–H groups in total. The summed E-state index contributed by atoms with van der Waals surface area (Å²) in [5, 5.41) is 3.28. The SMILES string of the molecule is CNCC1CCN(c2cccc(OC)c2)C1C. The quantitative estimate of drug-likeness (QED) is 0.863. The van der Waals surface area contributed by atoms with Crippen molar-refractivity contribution in [2.24, 2.45) is 5.92 Å². The molecule has 1 aromatic carbocycles. The lowest BCUT2D eigenvalue weighted by atomic mass is 10.0. The van der Waals surface area contributed by atoms with E-state index in [9.17, 15) is 0 Å². The van der Waals surface area contributed by atoms with Gasteiger partial charge in [-0.3, -0.25) is 0 Å². The summed E-state index contributed by atoms with van der Waals surface area (Å²) < 4.78 is 5.28. The van der Waals surface area contributed by atoms with E-state index in [0.29, 0.717) is 6.04 Å². The van der Waals surface area contributed by atoms with Crippen LogP contribution in [0.15, 0.2) is 24.3 Å². The lowest BCUT2D eigenvalue weighted by molar-refractivity contribution is 0.414. The van der Waals surface area contributed by atoms with Crippen molar-refractivity contribution in [3.63, 3.8) is 0 Å². The van der Waals surface area contributed by atoms with Crippen molar-refractivity contribution in [2.45, 2.75) is 19.4 Å². The Morgan fingerprint density at radius 1 is 1.47 bits per heavy atom. The molecule has 3 heteroatoms. The Hall–Kier alpha value is -1.22. The van der Waals surface area contributed by atoms with Gasteiger partial charge in [0, 0.05) is 24.3 Å². The van der Waals surface area contributed by atoms with Gasteiger partial charge >= 0.3 is 0 Å². The lowest BCUT2D eigenvalue weighted by Crippen LogP contribution is -2.33. The first kappa shape index (κ1) is 12.2. The second-order valence-electron chi connectivity index (χ2n) is 4.74. The number of methoxy groups -OCH3 is 1. The van der Waals surface area contributed by atoms with Crippen LogP contribution in [0.25, 0.3) is 0 Å². The number of ether oxygens (including phenoxy) is 1. The molecule has 2 atom stereocenters. The van der Waals surface area contributed by atoms with Crippen LogP contribution in [0.5, 0.6) is 5.75 Å². The molecular formula is C14H22N2O. The van der Waals surface area contributed by atoms with Gasteiger partial charge in [0.1, 0.15) is 5.75 Å². The van der Waals surface area contributed by atoms with Crippen LogP contribution in [0.3, 0.4) is 0 Å². The molecule has 0 bridgehead atoms. The summed E-state index contributed by atoms with van der Waals surface area (Å²) in [6.45, 7) is 4.55. The van der Waals surface area contributed by atoms with E-state index in [1.165, 1.54) is 12.1 Å². The maximum Gasteiger partial charge on any atom is 0.120 e. The number of hydrogen-bond donors (Lipinski definition) is 1. The van der Waals surface area contributed by atoms with E-state index in [2.05, 4.69) is 35.3 Å². The van der Waals surface area contributed by atoms with Crippen molar-refractivity contribution in [2.75, 3.05) is 32.1 Å². The van der Waals surface area contributed by atoms with E-state index in [1.807, 2.05) is 13.1 Å². The van der Waals surface area contributed by atoms with Crippen LogP contribution in [0.1, 0.15) is 13.3 Å². The van der Waals surface area contributed by atoms with Gasteiger partial charge in [0.05, 0.1) is 7.11 Å². The monoisotopic (exact) mass is 234 g/mol. The van der Waals surface area contributed by atoms with E-state index in [0.717, 1.165) is 24.8 Å². The first-order valence-corrected chi connectivity index (χ1v) is 6.31. The van der Waals surface area contributed by atoms with E-state index in [4.69, 9.17) is 4.74 Å². The highest BCUT2D eigenvalue weighted by molar-refractivity contribution is 5.52. The molecule has 0 amide bonds. The topological polar surface area (TPSA) is 24.5 Å². The smallest absolute Gasteiger partial charge is 0.120 e. The summed E-state index contributed by atoms with van der Waals surface area (Å²) >= 11 is 0. The van der Waals surface area contributed by atoms with E-state index < -0.39 is 0 Å². The number of nitrogens with one attached hydrogen (secondary N) is 1. The Morgan fingerprint density at radius 3 is 3.00 bits per heavy atom. The Balaban J connectivity index is 2.12. The van der Waals surface area contributed by atoms with Crippen LogP contribution in [0.4, 0.5) is 5.69 Å². The molecule has 0 spiro atoms. The fourth-order valence-corrected chi connectivity index (χ4v) is 2.69. The molecule has 3 nitrogen and oxygen atoms in total. The second-order valence-corrected chi connectivity index (χ2v) is 4.74. The third-order valence-corrected chi connectivity index (χ3v) is 3.77. The molecule has 1 aromatic rings. The molecule has 0 saturated carbocycles. The minimum absolute atomic E-state index is 0.592. The van der Waals surface area contributed by atoms with Crippen molar-refractivity contribution in [1.29, 1.82) is 0 Å². The lowest BCUT2D eigenvalue weighted by Gasteiger charge is -2.27. The van der Waals surface area contributed by atoms with Gasteiger partial charge in [-0.1, -0.05) is 6.07 Å². The predicted octanol–water partition coefficient (Wildman–Crippen LogP) is 2.13. The minimum Gasteiger partial charge on any atom is -0.497 e. The van der Waals surface area contributed by atoms with Crippen molar-refractivity contribution >= 4 is 5.69 Å². The Kier molecular flexibility index (Phi) is 3.89. The molecule has 1 aliphatic heterocycles. The third-order valence-electron chi connectivity index (χ3n) is 3.77. The number of nitrogens with zero attached hydrogens (tertiary/aromatic N) is 1. The van der Waals surface area contributed by atoms with Crippen LogP contribution >= 0.6 is 0 Å². The molecule has 0 aromatic heterocycles. The molecule has 1 fully saturated rings. The van der Waals surface area contributed by atoms with Crippen molar-refractivity contribution in [3.8, 4) is 5.75 Å². The Morgan fingerprint density at radius 2 is 2.29 bits per heavy atom. The number of benzene rings is 1. The maximum absolute atomic E-state index is 5.28. The van der Waals surface area contributed by atoms with Crippen LogP contribution in [-0.4, -0.2) is 33.3 Å². The van der Waals surface area contributed by atoms with Gasteiger partial charge in [0.25, 0.3) is 0 Å². The fraction of sp³-hybridized carbons (Fsp3) is 0.571. The molecule has 1 saturated heterocycles. The summed E-state index contributed by atoms with van der Waals surface area (Å²) in [5.41, 5.74) is 1.27. The number of anilines is 1. The molecule has 0 aliphatic carbocycles. The molecule has 2 rings (SSSR count). The summed E-state index contributed by atoms with van der Waals surface area (Å²) in [7, 11) is 3.75. The van der Waals surface area contributed by atoms with E-state index in [1.54, 1.807) is 7.11 Å². The number of rotatable bonds is 4. The molecule has 1 aliphatic rings. The fourth-order valence-electron chi connectivity index (χ4n) is 2.69. The summed E-state index contributed by atoms with van der Waals surface area (Å²) in [4.78, 5) is 2.48. The zero-order valence-electron chi connectivity index (χ0n) is 10.9. The van der Waals surface area contributed by atoms with Crippen LogP contribution in [0.2, 0.25) is 0 Å². The van der Waals surface area contributed by atoms with Crippen LogP contribution in [0, 0.1) is 5.92 Å². The van der Waals surface area contributed by atoms with Gasteiger partial charge in [0.2, 0.25) is 0 Å². The zero-order valence-corrected chi connectivity index (χ0v) is 10.9. The molecule has 2 unspecified atom stereocenters. The van der Waals surface area contributed by atoms with Gasteiger partial charge in [-0.15, -0.1) is 0 Å². The van der Waals surface area contributed by atoms with Crippen molar-refractivity contribution < 1.29 is 4.74 Å². The molecule has 1 heterocycles. The molecular weight excluding hydrogens is 212 g/mol. The predicted molar refractivity (Wildman–Crippen MR) is 71.8 cm³/mol. The highest BCUT2D eigenvalue weighted by atomic mass is 16.5. The molecule has 94 valence electrons. The first-order valence-electron chi connectivity index (χ1n) is 6.31. The summed E-state index contributed by atoms with van der Waals surface area (Å²) in [6, 6.07) is 8.94. The van der Waals surface area contributed by atoms with Gasteiger partial charge < -0.3 is 15.0 Å². The zero-order chi connectivity index (χ0) is 12.3. The average molecular weight is 234 g/mol. The minimum atomic E-state index is 0.592.